The number of nitrogens with one attached hydrogen (secondary N) is 1. The summed E-state index contributed by atoms with van der Waals surface area (Å²) in [5.41, 5.74) is 1.82. The number of hydrogen-bond donors (Lipinski definition) is 2. The van der Waals surface area contributed by atoms with Gasteiger partial charge in [-0.1, -0.05) is 41.6 Å². The molecule has 0 saturated carbocycles. The van der Waals surface area contributed by atoms with Crippen LogP contribution in [0.2, 0.25) is 0 Å². The Morgan fingerprint density at radius 2 is 1.72 bits per heavy atom. The summed E-state index contributed by atoms with van der Waals surface area (Å²) in [4.78, 5) is 12.0. The van der Waals surface area contributed by atoms with Gasteiger partial charge in [-0.25, -0.2) is 0 Å². The molecule has 4 heteroatoms. The van der Waals surface area contributed by atoms with E-state index in [2.05, 4.69) is 10.5 Å². The third-order valence-corrected chi connectivity index (χ3v) is 2.44. The Bertz CT molecular complexity index is 565. The molecule has 0 fully saturated rings. The maximum atomic E-state index is 12.0. The molecule has 2 rings (SSSR count). The summed E-state index contributed by atoms with van der Waals surface area (Å²) in [6, 6.07) is 16.0. The van der Waals surface area contributed by atoms with Gasteiger partial charge in [0.05, 0.1) is 6.21 Å². The fourth-order valence-corrected chi connectivity index (χ4v) is 1.57. The second-order valence-corrected chi connectivity index (χ2v) is 3.65. The lowest BCUT2D eigenvalue weighted by Crippen LogP contribution is -2.12. The molecule has 2 aromatic carbocycles. The van der Waals surface area contributed by atoms with Crippen LogP contribution in [0.15, 0.2) is 59.8 Å². The van der Waals surface area contributed by atoms with Gasteiger partial charge in [-0.2, -0.15) is 0 Å². The normalized spacial score (nSPS) is 10.4. The molecule has 0 atom stereocenters. The van der Waals surface area contributed by atoms with E-state index in [0.717, 1.165) is 0 Å². The van der Waals surface area contributed by atoms with Gasteiger partial charge in [0.2, 0.25) is 0 Å². The Kier molecular flexibility index (Phi) is 3.71. The van der Waals surface area contributed by atoms with Crippen molar-refractivity contribution < 1.29 is 10.0 Å². The number of benzene rings is 2. The Morgan fingerprint density at radius 3 is 2.44 bits per heavy atom. The first kappa shape index (κ1) is 11.9. The fourth-order valence-electron chi connectivity index (χ4n) is 1.57. The molecule has 0 aliphatic carbocycles. The Morgan fingerprint density at radius 1 is 1.06 bits per heavy atom. The number of para-hydroxylation sites is 1. The SMILES string of the molecule is O=C(Nc1ccccc1C=NO)c1ccccc1. The van der Waals surface area contributed by atoms with Gasteiger partial charge in [-0.15, -0.1) is 0 Å². The van der Waals surface area contributed by atoms with Crippen LogP contribution in [-0.4, -0.2) is 17.3 Å². The van der Waals surface area contributed by atoms with Crippen molar-refractivity contribution in [1.82, 2.24) is 0 Å². The lowest BCUT2D eigenvalue weighted by Gasteiger charge is -2.07. The molecule has 4 nitrogen and oxygen atoms in total. The quantitative estimate of drug-likeness (QED) is 0.492. The van der Waals surface area contributed by atoms with Gasteiger partial charge in [0.15, 0.2) is 0 Å². The number of rotatable bonds is 3. The van der Waals surface area contributed by atoms with E-state index in [-0.39, 0.29) is 5.91 Å². The molecular weight excluding hydrogens is 228 g/mol. The molecule has 0 radical (unpaired) electrons. The minimum atomic E-state index is -0.200. The van der Waals surface area contributed by atoms with E-state index in [1.807, 2.05) is 6.07 Å². The van der Waals surface area contributed by atoms with Gasteiger partial charge in [0, 0.05) is 16.8 Å². The van der Waals surface area contributed by atoms with Crippen LogP contribution in [0.25, 0.3) is 0 Å². The van der Waals surface area contributed by atoms with Gasteiger partial charge in [0.1, 0.15) is 0 Å². The smallest absolute Gasteiger partial charge is 0.255 e. The van der Waals surface area contributed by atoms with Gasteiger partial charge >= 0.3 is 0 Å². The van der Waals surface area contributed by atoms with E-state index in [1.54, 1.807) is 48.5 Å². The van der Waals surface area contributed by atoms with Crippen LogP contribution >= 0.6 is 0 Å². The molecule has 0 aliphatic heterocycles. The molecule has 2 aromatic rings. The highest BCUT2D eigenvalue weighted by molar-refractivity contribution is 6.06. The summed E-state index contributed by atoms with van der Waals surface area (Å²) < 4.78 is 0. The molecule has 0 bridgehead atoms. The highest BCUT2D eigenvalue weighted by atomic mass is 16.4. The largest absolute Gasteiger partial charge is 0.411 e. The van der Waals surface area contributed by atoms with Crippen LogP contribution in [0.4, 0.5) is 5.69 Å². The Hall–Kier alpha value is -2.62. The fraction of sp³-hybridized carbons (Fsp3) is 0. The number of carbonyl (C=O) groups excluding carboxylic acids is 1. The van der Waals surface area contributed by atoms with Crippen molar-refractivity contribution in [2.75, 3.05) is 5.32 Å². The highest BCUT2D eigenvalue weighted by Crippen LogP contribution is 2.14. The number of hydrogen-bond acceptors (Lipinski definition) is 3. The number of anilines is 1. The zero-order chi connectivity index (χ0) is 12.8. The van der Waals surface area contributed by atoms with Crippen LogP contribution in [0.5, 0.6) is 0 Å². The molecule has 0 saturated heterocycles. The second-order valence-electron chi connectivity index (χ2n) is 3.65. The van der Waals surface area contributed by atoms with Crippen LogP contribution in [0, 0.1) is 0 Å². The predicted octanol–water partition coefficient (Wildman–Crippen LogP) is 2.75. The first-order valence-electron chi connectivity index (χ1n) is 5.44. The molecule has 0 unspecified atom stereocenters. The second kappa shape index (κ2) is 5.63. The van der Waals surface area contributed by atoms with E-state index in [1.165, 1.54) is 6.21 Å². The Labute approximate surface area is 105 Å². The van der Waals surface area contributed by atoms with Gasteiger partial charge in [-0.05, 0) is 18.2 Å². The molecule has 0 heterocycles. The molecule has 90 valence electrons. The third kappa shape index (κ3) is 2.74. The van der Waals surface area contributed by atoms with Gasteiger partial charge in [-0.3, -0.25) is 4.79 Å². The number of amides is 1. The van der Waals surface area contributed by atoms with Crippen molar-refractivity contribution >= 4 is 17.8 Å². The number of oxime groups is 1. The lowest BCUT2D eigenvalue weighted by molar-refractivity contribution is 0.102. The zero-order valence-corrected chi connectivity index (χ0v) is 9.58. The van der Waals surface area contributed by atoms with Crippen LogP contribution in [0.1, 0.15) is 15.9 Å². The summed E-state index contributed by atoms with van der Waals surface area (Å²) in [6.07, 6.45) is 1.28. The summed E-state index contributed by atoms with van der Waals surface area (Å²) in [7, 11) is 0. The average molecular weight is 240 g/mol. The zero-order valence-electron chi connectivity index (χ0n) is 9.58. The summed E-state index contributed by atoms with van der Waals surface area (Å²) in [6.45, 7) is 0. The van der Waals surface area contributed by atoms with E-state index < -0.39 is 0 Å². The minimum Gasteiger partial charge on any atom is -0.411 e. The first-order chi connectivity index (χ1) is 8.81. The first-order valence-corrected chi connectivity index (χ1v) is 5.44. The van der Waals surface area contributed by atoms with E-state index in [9.17, 15) is 4.79 Å². The summed E-state index contributed by atoms with van der Waals surface area (Å²) in [5, 5.41) is 14.3. The molecule has 0 aliphatic rings. The van der Waals surface area contributed by atoms with E-state index >= 15 is 0 Å². The number of carbonyl (C=O) groups is 1. The van der Waals surface area contributed by atoms with Gasteiger partial charge < -0.3 is 10.5 Å². The van der Waals surface area contributed by atoms with Crippen molar-refractivity contribution in [2.45, 2.75) is 0 Å². The maximum Gasteiger partial charge on any atom is 0.255 e. The monoisotopic (exact) mass is 240 g/mol. The topological polar surface area (TPSA) is 61.7 Å². The van der Waals surface area contributed by atoms with Crippen LogP contribution < -0.4 is 5.32 Å². The Balaban J connectivity index is 2.22. The third-order valence-electron chi connectivity index (χ3n) is 2.44. The van der Waals surface area contributed by atoms with Crippen molar-refractivity contribution in [3.05, 3.63) is 65.7 Å². The molecule has 1 amide bonds. The predicted molar refractivity (Wildman–Crippen MR) is 70.2 cm³/mol. The van der Waals surface area contributed by atoms with Crippen molar-refractivity contribution in [3.63, 3.8) is 0 Å². The molecule has 2 N–H and O–H groups in total. The number of nitrogens with zero attached hydrogens (tertiary/aromatic N) is 1. The summed E-state index contributed by atoms with van der Waals surface area (Å²) >= 11 is 0. The van der Waals surface area contributed by atoms with Crippen molar-refractivity contribution in [2.24, 2.45) is 5.16 Å². The van der Waals surface area contributed by atoms with Crippen molar-refractivity contribution in [1.29, 1.82) is 0 Å². The molecule has 0 spiro atoms. The summed E-state index contributed by atoms with van der Waals surface area (Å²) in [5.74, 6) is -0.200. The van der Waals surface area contributed by atoms with Crippen LogP contribution in [0.3, 0.4) is 0 Å². The van der Waals surface area contributed by atoms with E-state index in [0.29, 0.717) is 16.8 Å². The van der Waals surface area contributed by atoms with Gasteiger partial charge in [0.25, 0.3) is 5.91 Å². The molecule has 18 heavy (non-hydrogen) atoms. The molecule has 0 aromatic heterocycles. The maximum absolute atomic E-state index is 12.0. The standard InChI is InChI=1S/C14H12N2O2/c17-14(11-6-2-1-3-7-11)16-13-9-5-4-8-12(13)10-15-18/h1-10,18H,(H,16,17). The van der Waals surface area contributed by atoms with Crippen LogP contribution in [-0.2, 0) is 0 Å². The lowest BCUT2D eigenvalue weighted by atomic mass is 10.1. The minimum absolute atomic E-state index is 0.200. The molecular formula is C14H12N2O2. The average Bonchev–Trinajstić information content (AvgIpc) is 2.42. The van der Waals surface area contributed by atoms with Crippen molar-refractivity contribution in [3.8, 4) is 0 Å². The van der Waals surface area contributed by atoms with E-state index in [4.69, 9.17) is 5.21 Å². The highest BCUT2D eigenvalue weighted by Gasteiger charge is 2.07.